The van der Waals surface area contributed by atoms with Crippen molar-refractivity contribution in [1.29, 1.82) is 0 Å². The number of Topliss-reactive ketones (excluding diaryl/α,β-unsaturated/α-hetero) is 1. The molecule has 0 aliphatic carbocycles. The van der Waals surface area contributed by atoms with E-state index in [4.69, 9.17) is 11.6 Å². The van der Waals surface area contributed by atoms with E-state index in [0.29, 0.717) is 18.0 Å². The highest BCUT2D eigenvalue weighted by Crippen LogP contribution is 2.25. The zero-order valence-corrected chi connectivity index (χ0v) is 18.3. The van der Waals surface area contributed by atoms with Crippen molar-refractivity contribution in [3.63, 3.8) is 0 Å². The van der Waals surface area contributed by atoms with Gasteiger partial charge in [0, 0.05) is 30.4 Å². The highest BCUT2D eigenvalue weighted by Gasteiger charge is 2.22. The van der Waals surface area contributed by atoms with Gasteiger partial charge in [0.1, 0.15) is 5.69 Å². The van der Waals surface area contributed by atoms with Crippen molar-refractivity contribution in [2.75, 3.05) is 13.1 Å². The Morgan fingerprint density at radius 1 is 1.10 bits per heavy atom. The number of hydrogen-bond donors (Lipinski definition) is 0. The number of fused-ring (bicyclic) bond motifs is 1. The van der Waals surface area contributed by atoms with Gasteiger partial charge in [-0.05, 0) is 62.0 Å². The fourth-order valence-corrected chi connectivity index (χ4v) is 4.28. The van der Waals surface area contributed by atoms with Crippen LogP contribution in [0.3, 0.4) is 0 Å². The summed E-state index contributed by atoms with van der Waals surface area (Å²) in [6.45, 7) is 3.16. The lowest BCUT2D eigenvalue weighted by molar-refractivity contribution is 0.0957. The Kier molecular flexibility index (Phi) is 7.33. The predicted molar refractivity (Wildman–Crippen MR) is 121 cm³/mol. The zero-order valence-electron chi connectivity index (χ0n) is 16.7. The van der Waals surface area contributed by atoms with Gasteiger partial charge in [-0.2, -0.15) is 5.10 Å². The van der Waals surface area contributed by atoms with Crippen molar-refractivity contribution >= 4 is 40.7 Å². The lowest BCUT2D eigenvalue weighted by atomic mass is 9.90. The quantitative estimate of drug-likeness (QED) is 0.481. The van der Waals surface area contributed by atoms with E-state index in [-0.39, 0.29) is 18.2 Å². The van der Waals surface area contributed by atoms with Gasteiger partial charge in [-0.25, -0.2) is 0 Å². The van der Waals surface area contributed by atoms with Crippen LogP contribution in [0.2, 0.25) is 5.02 Å². The lowest BCUT2D eigenvalue weighted by Gasteiger charge is -2.31. The number of carbonyl (C=O) groups excluding carboxylic acids is 1. The minimum Gasteiger partial charge on any atom is -0.299 e. The van der Waals surface area contributed by atoms with Crippen molar-refractivity contribution in [2.24, 2.45) is 13.0 Å². The van der Waals surface area contributed by atoms with Gasteiger partial charge in [-0.3, -0.25) is 14.4 Å². The van der Waals surface area contributed by atoms with Crippen molar-refractivity contribution in [3.8, 4) is 0 Å². The molecule has 0 N–H and O–H groups in total. The fraction of sp³-hybridized carbons (Fsp3) is 0.391. The van der Waals surface area contributed by atoms with Crippen LogP contribution < -0.4 is 0 Å². The van der Waals surface area contributed by atoms with E-state index in [9.17, 15) is 4.79 Å². The summed E-state index contributed by atoms with van der Waals surface area (Å²) in [4.78, 5) is 15.2. The lowest BCUT2D eigenvalue weighted by Crippen LogP contribution is -2.33. The summed E-state index contributed by atoms with van der Waals surface area (Å²) in [5.41, 5.74) is 2.94. The fourth-order valence-electron chi connectivity index (χ4n) is 4.15. The molecule has 3 aromatic rings. The van der Waals surface area contributed by atoms with Crippen LogP contribution in [0.25, 0.3) is 10.9 Å². The molecule has 0 saturated carbocycles. The average molecular weight is 432 g/mol. The van der Waals surface area contributed by atoms with E-state index in [1.54, 1.807) is 4.68 Å². The molecule has 0 spiro atoms. The molecular formula is C23H27Cl2N3O. The Balaban J connectivity index is 0.00000240. The third-order valence-corrected chi connectivity index (χ3v) is 6.08. The maximum atomic E-state index is 12.8. The van der Waals surface area contributed by atoms with Gasteiger partial charge < -0.3 is 0 Å². The molecule has 6 heteroatoms. The topological polar surface area (TPSA) is 38.1 Å². The monoisotopic (exact) mass is 431 g/mol. The van der Waals surface area contributed by atoms with Crippen LogP contribution in [0, 0.1) is 5.92 Å². The molecule has 29 heavy (non-hydrogen) atoms. The molecular weight excluding hydrogens is 405 g/mol. The van der Waals surface area contributed by atoms with E-state index >= 15 is 0 Å². The van der Waals surface area contributed by atoms with E-state index in [2.05, 4.69) is 22.1 Å². The molecule has 0 radical (unpaired) electrons. The number of nitrogens with zero attached hydrogens (tertiary/aromatic N) is 3. The Bertz CT molecular complexity index is 960. The van der Waals surface area contributed by atoms with E-state index in [1.807, 2.05) is 43.4 Å². The minimum atomic E-state index is 0. The molecule has 1 aliphatic heterocycles. The normalized spacial score (nSPS) is 15.4. The largest absolute Gasteiger partial charge is 0.299 e. The van der Waals surface area contributed by atoms with Gasteiger partial charge in [-0.1, -0.05) is 41.9 Å². The van der Waals surface area contributed by atoms with Crippen molar-refractivity contribution in [1.82, 2.24) is 14.7 Å². The third-order valence-electron chi connectivity index (χ3n) is 5.83. The molecule has 154 valence electrons. The number of hydrogen-bond acceptors (Lipinski definition) is 3. The number of likely N-dealkylation sites (tertiary alicyclic amines) is 1. The summed E-state index contributed by atoms with van der Waals surface area (Å²) in [5, 5.41) is 6.22. The second-order valence-electron chi connectivity index (χ2n) is 7.80. The minimum absolute atomic E-state index is 0. The van der Waals surface area contributed by atoms with Crippen LogP contribution in [0.5, 0.6) is 0 Å². The highest BCUT2D eigenvalue weighted by atomic mass is 35.5. The smallest absolute Gasteiger partial charge is 0.183 e. The van der Waals surface area contributed by atoms with Crippen molar-refractivity contribution in [2.45, 2.75) is 32.2 Å². The molecule has 1 aromatic heterocycles. The van der Waals surface area contributed by atoms with E-state index in [1.165, 1.54) is 5.56 Å². The maximum absolute atomic E-state index is 12.8. The number of aryl methyl sites for hydroxylation is 1. The number of para-hydroxylation sites is 1. The summed E-state index contributed by atoms with van der Waals surface area (Å²) in [6, 6.07) is 16.1. The van der Waals surface area contributed by atoms with E-state index < -0.39 is 0 Å². The predicted octanol–water partition coefficient (Wildman–Crippen LogP) is 5.52. The van der Waals surface area contributed by atoms with Crippen LogP contribution >= 0.6 is 24.0 Å². The molecule has 2 heterocycles. The number of halogens is 2. The van der Waals surface area contributed by atoms with Crippen LogP contribution in [0.1, 0.15) is 41.7 Å². The summed E-state index contributed by atoms with van der Waals surface area (Å²) < 4.78 is 1.80. The Morgan fingerprint density at radius 2 is 1.79 bits per heavy atom. The van der Waals surface area contributed by atoms with Gasteiger partial charge in [0.2, 0.25) is 0 Å². The van der Waals surface area contributed by atoms with Crippen LogP contribution in [0.15, 0.2) is 48.5 Å². The number of piperidine rings is 1. The third kappa shape index (κ3) is 5.19. The molecule has 1 saturated heterocycles. The first-order valence-corrected chi connectivity index (χ1v) is 10.4. The van der Waals surface area contributed by atoms with Crippen molar-refractivity contribution < 1.29 is 4.79 Å². The summed E-state index contributed by atoms with van der Waals surface area (Å²) >= 11 is 5.96. The molecule has 4 nitrogen and oxygen atoms in total. The number of aromatic nitrogens is 2. The molecule has 0 amide bonds. The van der Waals surface area contributed by atoms with Gasteiger partial charge in [0.25, 0.3) is 0 Å². The molecule has 0 unspecified atom stereocenters. The number of carbonyl (C=O) groups is 1. The second-order valence-corrected chi connectivity index (χ2v) is 8.23. The van der Waals surface area contributed by atoms with Gasteiger partial charge >= 0.3 is 0 Å². The molecule has 1 fully saturated rings. The molecule has 0 atom stereocenters. The van der Waals surface area contributed by atoms with Gasteiger partial charge in [-0.15, -0.1) is 12.4 Å². The zero-order chi connectivity index (χ0) is 19.5. The molecule has 0 bridgehead atoms. The van der Waals surface area contributed by atoms with Crippen LogP contribution in [-0.4, -0.2) is 33.6 Å². The van der Waals surface area contributed by atoms with Crippen molar-refractivity contribution in [3.05, 3.63) is 64.8 Å². The highest BCUT2D eigenvalue weighted by molar-refractivity contribution is 6.30. The van der Waals surface area contributed by atoms with E-state index in [0.717, 1.165) is 54.8 Å². The average Bonchev–Trinajstić information content (AvgIpc) is 3.06. The summed E-state index contributed by atoms with van der Waals surface area (Å²) in [5.74, 6) is 0.792. The van der Waals surface area contributed by atoms with Gasteiger partial charge in [0.15, 0.2) is 5.78 Å². The Hall–Kier alpha value is -1.88. The Labute approximate surface area is 183 Å². The Morgan fingerprint density at radius 3 is 2.52 bits per heavy atom. The van der Waals surface area contributed by atoms with Crippen LogP contribution in [0.4, 0.5) is 0 Å². The number of rotatable bonds is 6. The summed E-state index contributed by atoms with van der Waals surface area (Å²) in [7, 11) is 1.90. The first kappa shape index (κ1) is 21.8. The maximum Gasteiger partial charge on any atom is 0.183 e. The second kappa shape index (κ2) is 9.75. The first-order chi connectivity index (χ1) is 13.6. The standard InChI is InChI=1S/C23H26ClN3O.ClH/c1-26-21-5-3-2-4-20(21)23(25-26)22(28)11-8-17-12-14-27(15-13-17)16-18-6-9-19(24)10-7-18;/h2-7,9-10,17H,8,11-16H2,1H3;1H. The van der Waals surface area contributed by atoms with Crippen LogP contribution in [-0.2, 0) is 13.6 Å². The molecule has 4 rings (SSSR count). The van der Waals surface area contributed by atoms with Gasteiger partial charge in [0.05, 0.1) is 5.52 Å². The summed E-state index contributed by atoms with van der Waals surface area (Å²) in [6.07, 6.45) is 3.86. The molecule has 1 aliphatic rings. The molecule has 2 aromatic carbocycles. The first-order valence-electron chi connectivity index (χ1n) is 10.0. The number of benzene rings is 2. The number of ketones is 1. The SMILES string of the molecule is Cl.Cn1nc(C(=O)CCC2CCN(Cc3ccc(Cl)cc3)CC2)c2ccccc21.